The quantitative estimate of drug-likeness (QED) is 0.566. The molecular formula is C22H24N6O3. The lowest BCUT2D eigenvalue weighted by atomic mass is 10.1. The van der Waals surface area contributed by atoms with E-state index in [4.69, 9.17) is 9.72 Å². The molecule has 9 nitrogen and oxygen atoms in total. The maximum absolute atomic E-state index is 12.4. The molecule has 3 aromatic rings. The van der Waals surface area contributed by atoms with Crippen LogP contribution in [0.3, 0.4) is 0 Å². The monoisotopic (exact) mass is 420 g/mol. The summed E-state index contributed by atoms with van der Waals surface area (Å²) in [5, 5.41) is 8.79. The second kappa shape index (κ2) is 7.57. The number of imidazole rings is 1. The fourth-order valence-electron chi connectivity index (χ4n) is 4.03. The molecule has 3 N–H and O–H groups in total. The van der Waals surface area contributed by atoms with Gasteiger partial charge in [-0.1, -0.05) is 0 Å². The molecular weight excluding hydrogens is 396 g/mol. The summed E-state index contributed by atoms with van der Waals surface area (Å²) in [6.45, 7) is 0.905. The Bertz CT molecular complexity index is 1200. The molecule has 0 saturated heterocycles. The van der Waals surface area contributed by atoms with Gasteiger partial charge >= 0.3 is 0 Å². The van der Waals surface area contributed by atoms with Gasteiger partial charge in [0.05, 0.1) is 29.6 Å². The van der Waals surface area contributed by atoms with Crippen molar-refractivity contribution in [3.05, 3.63) is 35.8 Å². The Balaban J connectivity index is 1.55. The van der Waals surface area contributed by atoms with Crippen molar-refractivity contribution in [2.24, 2.45) is 5.92 Å². The van der Waals surface area contributed by atoms with Crippen LogP contribution in [-0.4, -0.2) is 40.5 Å². The first-order chi connectivity index (χ1) is 15.1. The van der Waals surface area contributed by atoms with Gasteiger partial charge in [-0.15, -0.1) is 0 Å². The minimum Gasteiger partial charge on any atom is -0.492 e. The van der Waals surface area contributed by atoms with E-state index < -0.39 is 0 Å². The number of rotatable bonds is 6. The third-order valence-electron chi connectivity index (χ3n) is 5.77. The first-order valence-electron chi connectivity index (χ1n) is 10.4. The number of hydrogen-bond donors (Lipinski definition) is 3. The van der Waals surface area contributed by atoms with Crippen LogP contribution >= 0.6 is 0 Å². The number of aromatic nitrogens is 3. The van der Waals surface area contributed by atoms with E-state index in [1.54, 1.807) is 20.2 Å². The fourth-order valence-corrected chi connectivity index (χ4v) is 4.03. The molecule has 2 amide bonds. The fraction of sp³-hybridized carbons (Fsp3) is 0.364. The molecule has 0 unspecified atom stereocenters. The van der Waals surface area contributed by atoms with Crippen LogP contribution < -0.4 is 20.7 Å². The highest BCUT2D eigenvalue weighted by atomic mass is 16.5. The SMILES string of the molecule is CNC(=O)c1cnc(NC(=O)C2CC2)cc1Nc1ccc2nc3n(c2c1OC)CCC3. The first kappa shape index (κ1) is 19.3. The van der Waals surface area contributed by atoms with Gasteiger partial charge in [0.1, 0.15) is 17.2 Å². The van der Waals surface area contributed by atoms with E-state index in [1.165, 1.54) is 6.20 Å². The van der Waals surface area contributed by atoms with Crippen LogP contribution in [0.4, 0.5) is 17.2 Å². The molecule has 1 fully saturated rings. The molecule has 2 aromatic heterocycles. The maximum Gasteiger partial charge on any atom is 0.254 e. The number of anilines is 3. The van der Waals surface area contributed by atoms with E-state index in [2.05, 4.69) is 25.5 Å². The number of pyridine rings is 1. The lowest BCUT2D eigenvalue weighted by Crippen LogP contribution is -2.20. The number of carbonyl (C=O) groups is 2. The van der Waals surface area contributed by atoms with Gasteiger partial charge < -0.3 is 25.3 Å². The zero-order valence-electron chi connectivity index (χ0n) is 17.5. The summed E-state index contributed by atoms with van der Waals surface area (Å²) in [7, 11) is 3.19. The van der Waals surface area contributed by atoms with Crippen molar-refractivity contribution < 1.29 is 14.3 Å². The third kappa shape index (κ3) is 3.45. The van der Waals surface area contributed by atoms with E-state index in [1.807, 2.05) is 12.1 Å². The summed E-state index contributed by atoms with van der Waals surface area (Å²) >= 11 is 0. The van der Waals surface area contributed by atoms with Gasteiger partial charge in [0.2, 0.25) is 5.91 Å². The molecule has 5 rings (SSSR count). The van der Waals surface area contributed by atoms with Crippen molar-refractivity contribution >= 4 is 40.0 Å². The number of nitrogens with zero attached hydrogens (tertiary/aromatic N) is 3. The molecule has 2 aliphatic rings. The highest BCUT2D eigenvalue weighted by Crippen LogP contribution is 2.38. The number of aryl methyl sites for hydroxylation is 2. The van der Waals surface area contributed by atoms with Crippen molar-refractivity contribution in [2.45, 2.75) is 32.2 Å². The van der Waals surface area contributed by atoms with E-state index in [-0.39, 0.29) is 17.7 Å². The summed E-state index contributed by atoms with van der Waals surface area (Å²) in [4.78, 5) is 33.6. The minimum atomic E-state index is -0.277. The lowest BCUT2D eigenvalue weighted by molar-refractivity contribution is -0.117. The molecule has 9 heteroatoms. The molecule has 1 saturated carbocycles. The topological polar surface area (TPSA) is 110 Å². The summed E-state index contributed by atoms with van der Waals surface area (Å²) in [5.41, 5.74) is 3.43. The van der Waals surface area contributed by atoms with Gasteiger partial charge in [-0.2, -0.15) is 0 Å². The average Bonchev–Trinajstić information content (AvgIpc) is 3.43. The average molecular weight is 420 g/mol. The van der Waals surface area contributed by atoms with Crippen LogP contribution in [-0.2, 0) is 17.8 Å². The second-order valence-electron chi connectivity index (χ2n) is 7.88. The number of methoxy groups -OCH3 is 1. The largest absolute Gasteiger partial charge is 0.492 e. The lowest BCUT2D eigenvalue weighted by Gasteiger charge is -2.16. The Morgan fingerprint density at radius 1 is 1.23 bits per heavy atom. The predicted octanol–water partition coefficient (Wildman–Crippen LogP) is 2.84. The van der Waals surface area contributed by atoms with E-state index in [0.717, 1.165) is 49.1 Å². The number of benzene rings is 1. The Hall–Kier alpha value is -3.62. The highest BCUT2D eigenvalue weighted by Gasteiger charge is 2.30. The molecule has 1 aliphatic carbocycles. The number of amides is 2. The van der Waals surface area contributed by atoms with E-state index in [9.17, 15) is 9.59 Å². The number of carbonyl (C=O) groups excluding carboxylic acids is 2. The minimum absolute atomic E-state index is 0.0417. The van der Waals surface area contributed by atoms with Gasteiger partial charge in [0.25, 0.3) is 5.91 Å². The molecule has 31 heavy (non-hydrogen) atoms. The molecule has 1 aliphatic heterocycles. The smallest absolute Gasteiger partial charge is 0.254 e. The van der Waals surface area contributed by atoms with Crippen molar-refractivity contribution in [3.63, 3.8) is 0 Å². The van der Waals surface area contributed by atoms with Crippen molar-refractivity contribution in [1.82, 2.24) is 19.9 Å². The van der Waals surface area contributed by atoms with Crippen LogP contribution in [0, 0.1) is 5.92 Å². The van der Waals surface area contributed by atoms with Crippen LogP contribution in [0.25, 0.3) is 11.0 Å². The molecule has 0 atom stereocenters. The third-order valence-corrected chi connectivity index (χ3v) is 5.77. The number of hydrogen-bond acceptors (Lipinski definition) is 6. The Labute approximate surface area is 179 Å². The van der Waals surface area contributed by atoms with Crippen LogP contribution in [0.1, 0.15) is 35.4 Å². The molecule has 0 spiro atoms. The Morgan fingerprint density at radius 2 is 2.06 bits per heavy atom. The van der Waals surface area contributed by atoms with Crippen molar-refractivity contribution in [3.8, 4) is 5.75 Å². The van der Waals surface area contributed by atoms with Crippen LogP contribution in [0.5, 0.6) is 5.75 Å². The van der Waals surface area contributed by atoms with Gasteiger partial charge in [-0.3, -0.25) is 9.59 Å². The zero-order chi connectivity index (χ0) is 21.5. The maximum atomic E-state index is 12.4. The molecule has 1 aromatic carbocycles. The summed E-state index contributed by atoms with van der Waals surface area (Å²) in [5.74, 6) is 1.87. The summed E-state index contributed by atoms with van der Waals surface area (Å²) in [6, 6.07) is 5.51. The summed E-state index contributed by atoms with van der Waals surface area (Å²) in [6.07, 6.45) is 5.29. The standard InChI is InChI=1S/C22H24N6O3/c1-23-22(30)13-11-24-17(27-21(29)12-5-6-12)10-16(13)25-15-8-7-14-19(20(15)31-2)28-9-3-4-18(28)26-14/h7-8,10-12H,3-6,9H2,1-2H3,(H,23,30)(H2,24,25,27,29). The van der Waals surface area contributed by atoms with Crippen LogP contribution in [0.2, 0.25) is 0 Å². The summed E-state index contributed by atoms with van der Waals surface area (Å²) < 4.78 is 7.95. The van der Waals surface area contributed by atoms with Gasteiger partial charge in [-0.05, 0) is 31.4 Å². The zero-order valence-corrected chi connectivity index (χ0v) is 17.5. The Morgan fingerprint density at radius 3 is 2.81 bits per heavy atom. The van der Waals surface area contributed by atoms with E-state index >= 15 is 0 Å². The molecule has 3 heterocycles. The number of ether oxygens (including phenoxy) is 1. The van der Waals surface area contributed by atoms with Gasteiger partial charge in [-0.25, -0.2) is 9.97 Å². The molecule has 160 valence electrons. The molecule has 0 radical (unpaired) electrons. The second-order valence-corrected chi connectivity index (χ2v) is 7.88. The Kier molecular flexibility index (Phi) is 4.72. The van der Waals surface area contributed by atoms with Gasteiger partial charge in [0, 0.05) is 38.2 Å². The first-order valence-corrected chi connectivity index (χ1v) is 10.4. The highest BCUT2D eigenvalue weighted by molar-refractivity contribution is 6.02. The van der Waals surface area contributed by atoms with Crippen LogP contribution in [0.15, 0.2) is 24.4 Å². The normalized spacial score (nSPS) is 14.9. The van der Waals surface area contributed by atoms with E-state index in [0.29, 0.717) is 28.5 Å². The van der Waals surface area contributed by atoms with Gasteiger partial charge in [0.15, 0.2) is 5.75 Å². The van der Waals surface area contributed by atoms with Crippen molar-refractivity contribution in [1.29, 1.82) is 0 Å². The molecule has 0 bridgehead atoms. The number of nitrogens with one attached hydrogen (secondary N) is 3. The van der Waals surface area contributed by atoms with Crippen molar-refractivity contribution in [2.75, 3.05) is 24.8 Å². The predicted molar refractivity (Wildman–Crippen MR) is 117 cm³/mol. The number of fused-ring (bicyclic) bond motifs is 3.